The van der Waals surface area contributed by atoms with E-state index in [1.165, 1.54) is 5.69 Å². The summed E-state index contributed by atoms with van der Waals surface area (Å²) < 4.78 is 2.12. The van der Waals surface area contributed by atoms with E-state index >= 15 is 0 Å². The summed E-state index contributed by atoms with van der Waals surface area (Å²) >= 11 is 0. The molecule has 1 N–H and O–H groups in total. The third kappa shape index (κ3) is 3.10. The zero-order chi connectivity index (χ0) is 12.1. The van der Waals surface area contributed by atoms with Crippen molar-refractivity contribution >= 4 is 0 Å². The molecule has 0 unspecified atom stereocenters. The molecule has 5 heteroatoms. The second-order valence-corrected chi connectivity index (χ2v) is 3.92. The molecule has 2 aromatic rings. The SMILES string of the molecule is CCn1cncc1CNCc1cnc(C)cn1. The normalized spacial score (nSPS) is 10.7. The summed E-state index contributed by atoms with van der Waals surface area (Å²) in [5.41, 5.74) is 3.09. The molecular formula is C12H17N5. The summed E-state index contributed by atoms with van der Waals surface area (Å²) in [4.78, 5) is 12.6. The highest BCUT2D eigenvalue weighted by Gasteiger charge is 2.00. The number of hydrogen-bond acceptors (Lipinski definition) is 4. The lowest BCUT2D eigenvalue weighted by Crippen LogP contribution is -2.16. The molecule has 0 saturated heterocycles. The van der Waals surface area contributed by atoms with E-state index in [0.717, 1.165) is 31.0 Å². The lowest BCUT2D eigenvalue weighted by atomic mass is 10.4. The first-order chi connectivity index (χ1) is 8.29. The van der Waals surface area contributed by atoms with E-state index in [-0.39, 0.29) is 0 Å². The van der Waals surface area contributed by atoms with Crippen molar-refractivity contribution in [2.75, 3.05) is 0 Å². The standard InChI is InChI=1S/C12H17N5/c1-3-17-9-14-8-12(17)7-13-5-11-6-15-10(2)4-16-11/h4,6,8-9,13H,3,5,7H2,1-2H3. The van der Waals surface area contributed by atoms with Crippen LogP contribution in [0.15, 0.2) is 24.9 Å². The Hall–Kier alpha value is -1.75. The Labute approximate surface area is 101 Å². The van der Waals surface area contributed by atoms with Crippen LogP contribution in [-0.2, 0) is 19.6 Å². The fourth-order valence-electron chi connectivity index (χ4n) is 1.61. The highest BCUT2D eigenvalue weighted by molar-refractivity contribution is 5.02. The molecule has 0 aromatic carbocycles. The van der Waals surface area contributed by atoms with Crippen LogP contribution in [0.4, 0.5) is 0 Å². The van der Waals surface area contributed by atoms with Gasteiger partial charge in [0, 0.05) is 38.2 Å². The van der Waals surface area contributed by atoms with Gasteiger partial charge in [0.2, 0.25) is 0 Å². The van der Waals surface area contributed by atoms with Crippen LogP contribution in [-0.4, -0.2) is 19.5 Å². The molecule has 2 aromatic heterocycles. The number of nitrogens with zero attached hydrogens (tertiary/aromatic N) is 4. The minimum atomic E-state index is 0.724. The van der Waals surface area contributed by atoms with Gasteiger partial charge in [0.05, 0.1) is 23.4 Å². The van der Waals surface area contributed by atoms with Gasteiger partial charge in [-0.2, -0.15) is 0 Å². The van der Waals surface area contributed by atoms with Gasteiger partial charge in [-0.05, 0) is 13.8 Å². The maximum Gasteiger partial charge on any atom is 0.0948 e. The molecule has 0 aliphatic carbocycles. The minimum absolute atomic E-state index is 0.724. The van der Waals surface area contributed by atoms with Gasteiger partial charge in [0.15, 0.2) is 0 Å². The maximum atomic E-state index is 4.29. The summed E-state index contributed by atoms with van der Waals surface area (Å²) in [5, 5.41) is 3.33. The fraction of sp³-hybridized carbons (Fsp3) is 0.417. The first-order valence-corrected chi connectivity index (χ1v) is 5.77. The van der Waals surface area contributed by atoms with Gasteiger partial charge in [-0.25, -0.2) is 4.98 Å². The van der Waals surface area contributed by atoms with E-state index < -0.39 is 0 Å². The topological polar surface area (TPSA) is 55.6 Å². The fourth-order valence-corrected chi connectivity index (χ4v) is 1.61. The van der Waals surface area contributed by atoms with E-state index in [9.17, 15) is 0 Å². The van der Waals surface area contributed by atoms with Gasteiger partial charge in [-0.15, -0.1) is 0 Å². The Morgan fingerprint density at radius 2 is 2.06 bits per heavy atom. The van der Waals surface area contributed by atoms with Gasteiger partial charge in [-0.3, -0.25) is 9.97 Å². The van der Waals surface area contributed by atoms with Gasteiger partial charge in [0.1, 0.15) is 0 Å². The minimum Gasteiger partial charge on any atom is -0.334 e. The number of aromatic nitrogens is 4. The zero-order valence-electron chi connectivity index (χ0n) is 10.2. The largest absolute Gasteiger partial charge is 0.334 e. The molecule has 0 fully saturated rings. The predicted molar refractivity (Wildman–Crippen MR) is 65.2 cm³/mol. The smallest absolute Gasteiger partial charge is 0.0948 e. The third-order valence-electron chi connectivity index (χ3n) is 2.59. The Kier molecular flexibility index (Phi) is 3.82. The summed E-state index contributed by atoms with van der Waals surface area (Å²) in [5.74, 6) is 0. The van der Waals surface area contributed by atoms with Crippen molar-refractivity contribution in [1.82, 2.24) is 24.8 Å². The Morgan fingerprint density at radius 3 is 2.76 bits per heavy atom. The molecule has 0 aliphatic heterocycles. The molecule has 2 rings (SSSR count). The maximum absolute atomic E-state index is 4.29. The van der Waals surface area contributed by atoms with E-state index in [1.807, 2.05) is 19.4 Å². The van der Waals surface area contributed by atoms with Crippen molar-refractivity contribution in [3.05, 3.63) is 42.0 Å². The third-order valence-corrected chi connectivity index (χ3v) is 2.59. The monoisotopic (exact) mass is 231 g/mol. The summed E-state index contributed by atoms with van der Waals surface area (Å²) in [7, 11) is 0. The van der Waals surface area contributed by atoms with Gasteiger partial charge >= 0.3 is 0 Å². The highest BCUT2D eigenvalue weighted by atomic mass is 15.1. The lowest BCUT2D eigenvalue weighted by molar-refractivity contribution is 0.620. The Balaban J connectivity index is 1.85. The van der Waals surface area contributed by atoms with Crippen LogP contribution in [0, 0.1) is 6.92 Å². The van der Waals surface area contributed by atoms with E-state index in [2.05, 4.69) is 31.8 Å². The zero-order valence-corrected chi connectivity index (χ0v) is 10.2. The molecule has 90 valence electrons. The van der Waals surface area contributed by atoms with Crippen LogP contribution in [0.1, 0.15) is 24.0 Å². The van der Waals surface area contributed by atoms with E-state index in [1.54, 1.807) is 12.4 Å². The first-order valence-electron chi connectivity index (χ1n) is 5.77. The molecule has 0 spiro atoms. The number of rotatable bonds is 5. The average molecular weight is 231 g/mol. The lowest BCUT2D eigenvalue weighted by Gasteiger charge is -2.06. The van der Waals surface area contributed by atoms with Crippen LogP contribution < -0.4 is 5.32 Å². The van der Waals surface area contributed by atoms with E-state index in [4.69, 9.17) is 0 Å². The van der Waals surface area contributed by atoms with Crippen LogP contribution >= 0.6 is 0 Å². The van der Waals surface area contributed by atoms with Crippen molar-refractivity contribution in [3.8, 4) is 0 Å². The highest BCUT2D eigenvalue weighted by Crippen LogP contribution is 1.99. The number of nitrogens with one attached hydrogen (secondary N) is 1. The molecule has 0 saturated carbocycles. The van der Waals surface area contributed by atoms with E-state index in [0.29, 0.717) is 0 Å². The van der Waals surface area contributed by atoms with Crippen molar-refractivity contribution < 1.29 is 0 Å². The second-order valence-electron chi connectivity index (χ2n) is 3.92. The van der Waals surface area contributed by atoms with Crippen LogP contribution in [0.2, 0.25) is 0 Å². The van der Waals surface area contributed by atoms with Crippen molar-refractivity contribution in [2.24, 2.45) is 0 Å². The van der Waals surface area contributed by atoms with Crippen LogP contribution in [0.25, 0.3) is 0 Å². The van der Waals surface area contributed by atoms with Crippen molar-refractivity contribution in [2.45, 2.75) is 33.5 Å². The molecule has 0 atom stereocenters. The first kappa shape index (κ1) is 11.7. The number of aryl methyl sites for hydroxylation is 2. The average Bonchev–Trinajstić information content (AvgIpc) is 2.79. The molecule has 5 nitrogen and oxygen atoms in total. The van der Waals surface area contributed by atoms with Crippen LogP contribution in [0.5, 0.6) is 0 Å². The Bertz CT molecular complexity index is 460. The number of hydrogen-bond donors (Lipinski definition) is 1. The molecule has 0 amide bonds. The summed E-state index contributed by atoms with van der Waals surface area (Å²) in [6.07, 6.45) is 7.33. The molecular weight excluding hydrogens is 214 g/mol. The van der Waals surface area contributed by atoms with Crippen molar-refractivity contribution in [3.63, 3.8) is 0 Å². The molecule has 0 bridgehead atoms. The quantitative estimate of drug-likeness (QED) is 0.842. The number of imidazole rings is 1. The van der Waals surface area contributed by atoms with Gasteiger partial charge in [0.25, 0.3) is 0 Å². The second kappa shape index (κ2) is 5.54. The molecule has 17 heavy (non-hydrogen) atoms. The summed E-state index contributed by atoms with van der Waals surface area (Å²) in [6.45, 7) is 6.51. The van der Waals surface area contributed by atoms with Crippen molar-refractivity contribution in [1.29, 1.82) is 0 Å². The van der Waals surface area contributed by atoms with Gasteiger partial charge < -0.3 is 9.88 Å². The molecule has 0 radical (unpaired) electrons. The van der Waals surface area contributed by atoms with Gasteiger partial charge in [-0.1, -0.05) is 0 Å². The predicted octanol–water partition coefficient (Wildman–Crippen LogP) is 1.29. The Morgan fingerprint density at radius 1 is 1.18 bits per heavy atom. The van der Waals surface area contributed by atoms with Crippen LogP contribution in [0.3, 0.4) is 0 Å². The molecule has 2 heterocycles. The molecule has 0 aliphatic rings. The summed E-state index contributed by atoms with van der Waals surface area (Å²) in [6, 6.07) is 0.